The second kappa shape index (κ2) is 8.05. The molecule has 2 heterocycles. The minimum Gasteiger partial charge on any atom is -0.493 e. The van der Waals surface area contributed by atoms with Gasteiger partial charge in [-0.1, -0.05) is 12.1 Å². The Kier molecular flexibility index (Phi) is 5.31. The summed E-state index contributed by atoms with van der Waals surface area (Å²) in [5.74, 6) is 1.23. The quantitative estimate of drug-likeness (QED) is 0.626. The summed E-state index contributed by atoms with van der Waals surface area (Å²) >= 11 is 1.66. The van der Waals surface area contributed by atoms with Crippen molar-refractivity contribution < 1.29 is 9.47 Å². The number of nitrogens with zero attached hydrogens (tertiary/aromatic N) is 2. The number of thiazole rings is 1. The lowest BCUT2D eigenvalue weighted by molar-refractivity contribution is 0.353. The average molecular weight is 409 g/mol. The van der Waals surface area contributed by atoms with Crippen LogP contribution in [0, 0.1) is 0 Å². The molecule has 0 fully saturated rings. The van der Waals surface area contributed by atoms with Crippen LogP contribution in [0.1, 0.15) is 16.7 Å². The molecule has 4 N–H and O–H groups in total. The van der Waals surface area contributed by atoms with Gasteiger partial charge in [0, 0.05) is 53.7 Å². The van der Waals surface area contributed by atoms with Gasteiger partial charge >= 0.3 is 0 Å². The third kappa shape index (κ3) is 3.61. The van der Waals surface area contributed by atoms with Gasteiger partial charge in [0.15, 0.2) is 11.5 Å². The Morgan fingerprint density at radius 2 is 1.93 bits per heavy atom. The molecule has 29 heavy (non-hydrogen) atoms. The summed E-state index contributed by atoms with van der Waals surface area (Å²) in [5.41, 5.74) is 18.5. The molecule has 0 bridgehead atoms. The number of benzene rings is 2. The Morgan fingerprint density at radius 1 is 1.14 bits per heavy atom. The molecule has 6 nitrogen and oxygen atoms in total. The van der Waals surface area contributed by atoms with Gasteiger partial charge in [-0.25, -0.2) is 4.98 Å². The fraction of sp³-hybridized carbons (Fsp3) is 0.227. The van der Waals surface area contributed by atoms with Crippen molar-refractivity contribution in [2.45, 2.75) is 13.0 Å². The Labute approximate surface area is 174 Å². The average Bonchev–Trinajstić information content (AvgIpc) is 3.29. The van der Waals surface area contributed by atoms with Gasteiger partial charge in [-0.05, 0) is 29.7 Å². The topological polar surface area (TPSA) is 86.6 Å². The fourth-order valence-electron chi connectivity index (χ4n) is 3.74. The van der Waals surface area contributed by atoms with E-state index in [0.717, 1.165) is 35.8 Å². The molecule has 0 aliphatic carbocycles. The van der Waals surface area contributed by atoms with Crippen LogP contribution in [0.3, 0.4) is 0 Å². The van der Waals surface area contributed by atoms with Crippen LogP contribution in [0.4, 0.5) is 5.69 Å². The van der Waals surface area contributed by atoms with Crippen LogP contribution in [0.15, 0.2) is 48.1 Å². The number of hydrogen-bond donors (Lipinski definition) is 2. The summed E-state index contributed by atoms with van der Waals surface area (Å²) in [4.78, 5) is 6.67. The second-order valence-corrected chi connectivity index (χ2v) is 7.73. The SMILES string of the molecule is COc1cc(N)c(/C(=C\N)N2CCc3cc(-c4nccs4)ccc3C2)cc1OC. The number of hydrogen-bond acceptors (Lipinski definition) is 7. The third-order valence-corrected chi connectivity index (χ3v) is 6.05. The second-order valence-electron chi connectivity index (χ2n) is 6.84. The molecule has 7 heteroatoms. The number of fused-ring (bicyclic) bond motifs is 1. The smallest absolute Gasteiger partial charge is 0.162 e. The highest BCUT2D eigenvalue weighted by atomic mass is 32.1. The van der Waals surface area contributed by atoms with Crippen LogP contribution < -0.4 is 20.9 Å². The molecule has 0 unspecified atom stereocenters. The largest absolute Gasteiger partial charge is 0.493 e. The molecule has 1 aliphatic heterocycles. The molecule has 0 saturated heterocycles. The molecule has 3 aromatic rings. The Bertz CT molecular complexity index is 1050. The fourth-order valence-corrected chi connectivity index (χ4v) is 4.38. The zero-order chi connectivity index (χ0) is 20.4. The number of anilines is 1. The lowest BCUT2D eigenvalue weighted by Crippen LogP contribution is -2.30. The Morgan fingerprint density at radius 3 is 2.62 bits per heavy atom. The normalized spacial score (nSPS) is 13.9. The van der Waals surface area contributed by atoms with Crippen molar-refractivity contribution in [1.82, 2.24) is 9.88 Å². The molecule has 2 aromatic carbocycles. The highest BCUT2D eigenvalue weighted by Gasteiger charge is 2.22. The highest BCUT2D eigenvalue weighted by Crippen LogP contribution is 2.37. The summed E-state index contributed by atoms with van der Waals surface area (Å²) in [5, 5.41) is 3.05. The van der Waals surface area contributed by atoms with E-state index in [1.807, 2.05) is 17.6 Å². The first-order chi connectivity index (χ1) is 14.1. The van der Waals surface area contributed by atoms with Gasteiger partial charge < -0.3 is 25.8 Å². The number of rotatable bonds is 5. The zero-order valence-corrected chi connectivity index (χ0v) is 17.3. The molecular weight excluding hydrogens is 384 g/mol. The van der Waals surface area contributed by atoms with E-state index in [2.05, 4.69) is 28.1 Å². The van der Waals surface area contributed by atoms with E-state index in [4.69, 9.17) is 20.9 Å². The predicted molar refractivity (Wildman–Crippen MR) is 118 cm³/mol. The molecule has 1 aliphatic rings. The van der Waals surface area contributed by atoms with E-state index in [-0.39, 0.29) is 0 Å². The van der Waals surface area contributed by atoms with E-state index in [1.165, 1.54) is 16.7 Å². The van der Waals surface area contributed by atoms with Crippen LogP contribution >= 0.6 is 11.3 Å². The van der Waals surface area contributed by atoms with Gasteiger partial charge in [-0.2, -0.15) is 0 Å². The summed E-state index contributed by atoms with van der Waals surface area (Å²) in [6, 6.07) is 10.2. The Balaban J connectivity index is 1.63. The molecule has 0 radical (unpaired) electrons. The van der Waals surface area contributed by atoms with E-state index in [9.17, 15) is 0 Å². The predicted octanol–water partition coefficient (Wildman–Crippen LogP) is 3.72. The van der Waals surface area contributed by atoms with E-state index in [1.54, 1.807) is 37.8 Å². The first-order valence-electron chi connectivity index (χ1n) is 9.35. The standard InChI is InChI=1S/C22H24N4O2S/c1-27-20-10-17(18(24)11-21(20)28-2)19(12-23)26-7-5-14-9-15(3-4-16(14)13-26)22-25-6-8-29-22/h3-4,6,8-12H,5,7,13,23-24H2,1-2H3/b19-12+. The van der Waals surface area contributed by atoms with E-state index < -0.39 is 0 Å². The molecule has 150 valence electrons. The summed E-state index contributed by atoms with van der Waals surface area (Å²) < 4.78 is 10.8. The number of nitrogens with two attached hydrogens (primary N) is 2. The lowest BCUT2D eigenvalue weighted by Gasteiger charge is -2.33. The van der Waals surface area contributed by atoms with Gasteiger partial charge in [0.05, 0.1) is 19.9 Å². The van der Waals surface area contributed by atoms with Crippen molar-refractivity contribution >= 4 is 22.7 Å². The van der Waals surface area contributed by atoms with Crippen molar-refractivity contribution in [3.63, 3.8) is 0 Å². The van der Waals surface area contributed by atoms with Gasteiger partial charge in [-0.15, -0.1) is 11.3 Å². The van der Waals surface area contributed by atoms with Gasteiger partial charge in [-0.3, -0.25) is 0 Å². The molecule has 0 atom stereocenters. The number of methoxy groups -OCH3 is 2. The zero-order valence-electron chi connectivity index (χ0n) is 16.5. The maximum absolute atomic E-state index is 6.31. The molecule has 1 aromatic heterocycles. The van der Waals surface area contributed by atoms with Crippen molar-refractivity contribution in [3.8, 4) is 22.1 Å². The van der Waals surface area contributed by atoms with Gasteiger partial charge in [0.2, 0.25) is 0 Å². The minimum atomic E-state index is 0.601. The number of nitrogen functional groups attached to an aromatic ring is 1. The number of ether oxygens (including phenoxy) is 2. The number of aromatic nitrogens is 1. The summed E-state index contributed by atoms with van der Waals surface area (Å²) in [6.45, 7) is 1.62. The van der Waals surface area contributed by atoms with Crippen LogP contribution in [-0.4, -0.2) is 30.6 Å². The summed E-state index contributed by atoms with van der Waals surface area (Å²) in [6.07, 6.45) is 4.39. The van der Waals surface area contributed by atoms with Gasteiger partial charge in [0.1, 0.15) is 5.01 Å². The molecule has 0 saturated carbocycles. The monoisotopic (exact) mass is 408 g/mol. The molecular formula is C22H24N4O2S. The van der Waals surface area contributed by atoms with Gasteiger partial charge in [0.25, 0.3) is 0 Å². The van der Waals surface area contributed by atoms with Crippen molar-refractivity contribution in [3.05, 3.63) is 64.8 Å². The van der Waals surface area contributed by atoms with Crippen LogP contribution in [0.2, 0.25) is 0 Å². The van der Waals surface area contributed by atoms with Crippen molar-refractivity contribution in [1.29, 1.82) is 0 Å². The summed E-state index contributed by atoms with van der Waals surface area (Å²) in [7, 11) is 3.21. The van der Waals surface area contributed by atoms with Crippen LogP contribution in [0.25, 0.3) is 16.3 Å². The maximum Gasteiger partial charge on any atom is 0.162 e. The van der Waals surface area contributed by atoms with Crippen LogP contribution in [0.5, 0.6) is 11.5 Å². The lowest BCUT2D eigenvalue weighted by atomic mass is 9.96. The Hall–Kier alpha value is -3.19. The first kappa shape index (κ1) is 19.1. The molecule has 0 amide bonds. The minimum absolute atomic E-state index is 0.601. The van der Waals surface area contributed by atoms with E-state index >= 15 is 0 Å². The molecule has 4 rings (SSSR count). The van der Waals surface area contributed by atoms with Crippen molar-refractivity contribution in [2.75, 3.05) is 26.5 Å². The maximum atomic E-state index is 6.31. The van der Waals surface area contributed by atoms with Crippen molar-refractivity contribution in [2.24, 2.45) is 5.73 Å². The third-order valence-electron chi connectivity index (χ3n) is 5.23. The molecule has 0 spiro atoms. The van der Waals surface area contributed by atoms with Crippen LogP contribution in [-0.2, 0) is 13.0 Å². The van der Waals surface area contributed by atoms with E-state index in [0.29, 0.717) is 17.2 Å². The first-order valence-corrected chi connectivity index (χ1v) is 10.2. The highest BCUT2D eigenvalue weighted by molar-refractivity contribution is 7.13.